The number of aliphatic hydroxyl groups is 1. The molecule has 0 aliphatic carbocycles. The van der Waals surface area contributed by atoms with Gasteiger partial charge in [0, 0.05) is 32.1 Å². The lowest BCUT2D eigenvalue weighted by molar-refractivity contribution is -0.121. The zero-order valence-corrected chi connectivity index (χ0v) is 17.7. The predicted molar refractivity (Wildman–Crippen MR) is 112 cm³/mol. The van der Waals surface area contributed by atoms with Crippen LogP contribution in [0.2, 0.25) is 0 Å². The molecule has 0 bridgehead atoms. The number of methoxy groups -OCH3 is 2. The van der Waals surface area contributed by atoms with Crippen LogP contribution in [0.4, 0.5) is 4.39 Å². The van der Waals surface area contributed by atoms with E-state index >= 15 is 0 Å². The molecule has 1 aliphatic rings. The van der Waals surface area contributed by atoms with Gasteiger partial charge in [-0.2, -0.15) is 0 Å². The van der Waals surface area contributed by atoms with Gasteiger partial charge in [-0.05, 0) is 36.6 Å². The summed E-state index contributed by atoms with van der Waals surface area (Å²) >= 11 is 0. The summed E-state index contributed by atoms with van der Waals surface area (Å²) in [6.07, 6.45) is 0.421. The highest BCUT2D eigenvalue weighted by molar-refractivity contribution is 5.74. The van der Waals surface area contributed by atoms with E-state index in [1.54, 1.807) is 44.6 Å². The minimum atomic E-state index is -0.734. The molecule has 0 radical (unpaired) electrons. The highest BCUT2D eigenvalue weighted by atomic mass is 19.1. The molecule has 0 spiro atoms. The third kappa shape index (κ3) is 4.74. The Bertz CT molecular complexity index is 881. The summed E-state index contributed by atoms with van der Waals surface area (Å²) in [5.41, 5.74) is 0.517. The zero-order valence-electron chi connectivity index (χ0n) is 17.7. The second kappa shape index (κ2) is 9.45. The normalized spacial score (nSPS) is 17.2. The molecule has 7 heteroatoms. The van der Waals surface area contributed by atoms with Crippen molar-refractivity contribution in [1.29, 1.82) is 0 Å². The maximum Gasteiger partial charge on any atom is 0.217 e. The van der Waals surface area contributed by atoms with Crippen molar-refractivity contribution < 1.29 is 23.8 Å². The molecule has 1 atom stereocenters. The van der Waals surface area contributed by atoms with E-state index in [-0.39, 0.29) is 11.7 Å². The van der Waals surface area contributed by atoms with Crippen molar-refractivity contribution in [3.8, 4) is 11.5 Å². The van der Waals surface area contributed by atoms with Crippen LogP contribution in [0, 0.1) is 5.82 Å². The minimum Gasteiger partial charge on any atom is -0.493 e. The standard InChI is InChI=1S/C23H29FN2O4/c1-16(27)25-23(18-6-4-5-7-19(18)24)10-12-26(13-11-23)15-20(28)17-8-9-21(29-2)22(14-17)30-3/h4-9,14,20,28H,10-13,15H2,1-3H3,(H,25,27). The molecule has 0 saturated carbocycles. The molecule has 2 N–H and O–H groups in total. The van der Waals surface area contributed by atoms with E-state index < -0.39 is 11.6 Å². The maximum atomic E-state index is 14.5. The fourth-order valence-corrected chi connectivity index (χ4v) is 4.18. The third-order valence-electron chi connectivity index (χ3n) is 5.74. The number of piperidine rings is 1. The van der Waals surface area contributed by atoms with Crippen molar-refractivity contribution in [1.82, 2.24) is 10.2 Å². The lowest BCUT2D eigenvalue weighted by Gasteiger charge is -2.43. The van der Waals surface area contributed by atoms with E-state index in [4.69, 9.17) is 9.47 Å². The largest absolute Gasteiger partial charge is 0.493 e. The fraction of sp³-hybridized carbons (Fsp3) is 0.435. The van der Waals surface area contributed by atoms with E-state index in [0.717, 1.165) is 5.56 Å². The lowest BCUT2D eigenvalue weighted by atomic mass is 9.80. The molecule has 162 valence electrons. The van der Waals surface area contributed by atoms with Gasteiger partial charge in [-0.3, -0.25) is 4.79 Å². The summed E-state index contributed by atoms with van der Waals surface area (Å²) in [7, 11) is 3.13. The van der Waals surface area contributed by atoms with Crippen LogP contribution in [0.5, 0.6) is 11.5 Å². The molecule has 3 rings (SSSR count). The van der Waals surface area contributed by atoms with Gasteiger partial charge in [0.2, 0.25) is 5.91 Å². The number of likely N-dealkylation sites (tertiary alicyclic amines) is 1. The molecular formula is C23H29FN2O4. The Morgan fingerprint density at radius 1 is 1.17 bits per heavy atom. The molecule has 6 nitrogen and oxygen atoms in total. The summed E-state index contributed by atoms with van der Waals surface area (Å²) in [6.45, 7) is 3.14. The van der Waals surface area contributed by atoms with Crippen LogP contribution < -0.4 is 14.8 Å². The number of ether oxygens (including phenoxy) is 2. The van der Waals surface area contributed by atoms with Crippen molar-refractivity contribution in [3.05, 3.63) is 59.4 Å². The van der Waals surface area contributed by atoms with Crippen molar-refractivity contribution >= 4 is 5.91 Å². The van der Waals surface area contributed by atoms with Crippen LogP contribution in [-0.2, 0) is 10.3 Å². The topological polar surface area (TPSA) is 71.0 Å². The Balaban J connectivity index is 1.70. The summed E-state index contributed by atoms with van der Waals surface area (Å²) in [5, 5.41) is 13.7. The van der Waals surface area contributed by atoms with Crippen LogP contribution in [0.15, 0.2) is 42.5 Å². The minimum absolute atomic E-state index is 0.183. The maximum absolute atomic E-state index is 14.5. The molecule has 1 heterocycles. The number of rotatable bonds is 7. The number of halogens is 1. The van der Waals surface area contributed by atoms with Gasteiger partial charge in [-0.1, -0.05) is 24.3 Å². The first-order valence-corrected chi connectivity index (χ1v) is 10.0. The van der Waals surface area contributed by atoms with Gasteiger partial charge in [0.25, 0.3) is 0 Å². The molecule has 1 saturated heterocycles. The molecule has 1 fully saturated rings. The number of β-amino-alcohol motifs (C(OH)–C–C–N with tert-alkyl or cyclic N) is 1. The number of aliphatic hydroxyl groups excluding tert-OH is 1. The fourth-order valence-electron chi connectivity index (χ4n) is 4.18. The molecule has 1 aliphatic heterocycles. The van der Waals surface area contributed by atoms with E-state index in [1.165, 1.54) is 13.0 Å². The van der Waals surface area contributed by atoms with Crippen LogP contribution >= 0.6 is 0 Å². The lowest BCUT2D eigenvalue weighted by Crippen LogP contribution is -2.53. The number of amides is 1. The summed E-state index contributed by atoms with van der Waals surface area (Å²) < 4.78 is 25.1. The highest BCUT2D eigenvalue weighted by Gasteiger charge is 2.39. The third-order valence-corrected chi connectivity index (χ3v) is 5.74. The molecule has 1 amide bonds. The number of hydrogen-bond donors (Lipinski definition) is 2. The van der Waals surface area contributed by atoms with Crippen molar-refractivity contribution in [2.24, 2.45) is 0 Å². The highest BCUT2D eigenvalue weighted by Crippen LogP contribution is 2.36. The SMILES string of the molecule is COc1ccc(C(O)CN2CCC(NC(C)=O)(c3ccccc3F)CC2)cc1OC. The van der Waals surface area contributed by atoms with Crippen LogP contribution in [-0.4, -0.2) is 49.8 Å². The van der Waals surface area contributed by atoms with E-state index in [0.29, 0.717) is 49.5 Å². The van der Waals surface area contributed by atoms with Gasteiger partial charge in [0.05, 0.1) is 25.9 Å². The second-order valence-electron chi connectivity index (χ2n) is 7.67. The number of nitrogens with zero attached hydrogens (tertiary/aromatic N) is 1. The number of hydrogen-bond acceptors (Lipinski definition) is 5. The first-order valence-electron chi connectivity index (χ1n) is 10.0. The summed E-state index contributed by atoms with van der Waals surface area (Å²) in [5.74, 6) is 0.676. The van der Waals surface area contributed by atoms with Gasteiger partial charge in [-0.25, -0.2) is 4.39 Å². The van der Waals surface area contributed by atoms with Crippen molar-refractivity contribution in [2.45, 2.75) is 31.4 Å². The van der Waals surface area contributed by atoms with Crippen LogP contribution in [0.1, 0.15) is 37.0 Å². The van der Waals surface area contributed by atoms with Gasteiger partial charge in [-0.15, -0.1) is 0 Å². The van der Waals surface area contributed by atoms with E-state index in [1.807, 2.05) is 6.07 Å². The number of carbonyl (C=O) groups excluding carboxylic acids is 1. The quantitative estimate of drug-likeness (QED) is 0.726. The molecule has 2 aromatic carbocycles. The Labute approximate surface area is 176 Å². The van der Waals surface area contributed by atoms with Gasteiger partial charge in [0.15, 0.2) is 11.5 Å². The number of nitrogens with one attached hydrogen (secondary N) is 1. The van der Waals surface area contributed by atoms with E-state index in [9.17, 15) is 14.3 Å². The first-order chi connectivity index (χ1) is 14.4. The van der Waals surface area contributed by atoms with Gasteiger partial charge >= 0.3 is 0 Å². The van der Waals surface area contributed by atoms with Gasteiger partial charge < -0.3 is 24.8 Å². The Morgan fingerprint density at radius 3 is 2.43 bits per heavy atom. The Hall–Kier alpha value is -2.64. The van der Waals surface area contributed by atoms with Gasteiger partial charge in [0.1, 0.15) is 5.82 Å². The Kier molecular flexibility index (Phi) is 6.95. The average molecular weight is 416 g/mol. The predicted octanol–water partition coefficient (Wildman–Crippen LogP) is 3.00. The summed E-state index contributed by atoms with van der Waals surface area (Å²) in [6, 6.07) is 12.0. The van der Waals surface area contributed by atoms with E-state index in [2.05, 4.69) is 10.2 Å². The average Bonchev–Trinajstić information content (AvgIpc) is 2.74. The molecular weight excluding hydrogens is 387 g/mol. The van der Waals surface area contributed by atoms with Crippen molar-refractivity contribution in [3.63, 3.8) is 0 Å². The smallest absolute Gasteiger partial charge is 0.217 e. The van der Waals surface area contributed by atoms with Crippen LogP contribution in [0.3, 0.4) is 0 Å². The number of carbonyl (C=O) groups is 1. The summed E-state index contributed by atoms with van der Waals surface area (Å²) in [4.78, 5) is 14.0. The zero-order chi connectivity index (χ0) is 21.7. The first kappa shape index (κ1) is 22.1. The molecule has 1 unspecified atom stereocenters. The van der Waals surface area contributed by atoms with Crippen molar-refractivity contribution in [2.75, 3.05) is 33.9 Å². The molecule has 0 aromatic heterocycles. The monoisotopic (exact) mass is 416 g/mol. The second-order valence-corrected chi connectivity index (χ2v) is 7.67. The number of benzene rings is 2. The Morgan fingerprint density at radius 2 is 1.83 bits per heavy atom. The van der Waals surface area contributed by atoms with Crippen LogP contribution in [0.25, 0.3) is 0 Å². The molecule has 2 aromatic rings. The molecule has 30 heavy (non-hydrogen) atoms.